The van der Waals surface area contributed by atoms with Crippen LogP contribution in [0.4, 0.5) is 19.7 Å². The predicted octanol–water partition coefficient (Wildman–Crippen LogP) is 5.18. The van der Waals surface area contributed by atoms with Gasteiger partial charge >= 0.3 is 0 Å². The molecule has 3 aromatic rings. The highest BCUT2D eigenvalue weighted by Gasteiger charge is 2.46. The largest absolute Gasteiger partial charge is 0.489 e. The van der Waals surface area contributed by atoms with Crippen molar-refractivity contribution in [2.75, 3.05) is 5.32 Å². The lowest BCUT2D eigenvalue weighted by Crippen LogP contribution is -2.50. The molecule has 180 valence electrons. The van der Waals surface area contributed by atoms with Crippen molar-refractivity contribution in [1.29, 1.82) is 0 Å². The molecule has 1 aliphatic carbocycles. The third kappa shape index (κ3) is 5.64. The maximum Gasteiger partial charge on any atom is 0.253 e. The second-order valence-corrected chi connectivity index (χ2v) is 9.60. The molecule has 0 atom stereocenters. The van der Waals surface area contributed by atoms with E-state index in [2.05, 4.69) is 30.0 Å². The number of ether oxygens (including phenoxy) is 1. The summed E-state index contributed by atoms with van der Waals surface area (Å²) in [5.41, 5.74) is 1.75. The molecule has 1 fully saturated rings. The van der Waals surface area contributed by atoms with Gasteiger partial charge in [-0.15, -0.1) is 0 Å². The van der Waals surface area contributed by atoms with Gasteiger partial charge in [-0.25, -0.2) is 18.7 Å². The van der Waals surface area contributed by atoms with Crippen molar-refractivity contribution in [3.8, 4) is 17.3 Å². The minimum absolute atomic E-state index is 0.0540. The van der Waals surface area contributed by atoms with Crippen molar-refractivity contribution < 1.29 is 18.3 Å². The Morgan fingerprint density at radius 1 is 1.18 bits per heavy atom. The van der Waals surface area contributed by atoms with Crippen LogP contribution < -0.4 is 15.4 Å². The van der Waals surface area contributed by atoms with E-state index in [9.17, 15) is 13.6 Å². The van der Waals surface area contributed by atoms with Gasteiger partial charge in [-0.3, -0.25) is 4.79 Å². The molecule has 11 heteroatoms. The number of anilines is 2. The van der Waals surface area contributed by atoms with Crippen LogP contribution in [0.1, 0.15) is 62.4 Å². The predicted molar refractivity (Wildman–Crippen MR) is 126 cm³/mol. The van der Waals surface area contributed by atoms with Gasteiger partial charge in [0.1, 0.15) is 17.3 Å². The van der Waals surface area contributed by atoms with Crippen LogP contribution in [0.3, 0.4) is 0 Å². The SMILES string of the molecule is CC(C)Oc1ccc(-c2nsc(Nc3ncc(C(=O)NC4CC(F)(F)C4)cc3C(C)C)n2)nc1. The molecule has 1 saturated carbocycles. The van der Waals surface area contributed by atoms with E-state index in [1.165, 1.54) is 17.7 Å². The Kier molecular flexibility index (Phi) is 6.74. The number of nitrogens with one attached hydrogen (secondary N) is 2. The lowest BCUT2D eigenvalue weighted by atomic mass is 9.88. The fraction of sp³-hybridized carbons (Fsp3) is 0.435. The molecular formula is C23H26F2N6O2S. The third-order valence-electron chi connectivity index (χ3n) is 5.22. The number of aromatic nitrogens is 4. The van der Waals surface area contributed by atoms with Crippen LogP contribution >= 0.6 is 11.5 Å². The topological polar surface area (TPSA) is 102 Å². The zero-order valence-electron chi connectivity index (χ0n) is 19.3. The van der Waals surface area contributed by atoms with Crippen LogP contribution in [-0.2, 0) is 0 Å². The number of carbonyl (C=O) groups is 1. The molecule has 1 amide bonds. The normalized spacial score (nSPS) is 15.3. The molecule has 3 aromatic heterocycles. The fourth-order valence-corrected chi connectivity index (χ4v) is 4.09. The number of hydrogen-bond donors (Lipinski definition) is 2. The van der Waals surface area contributed by atoms with Crippen molar-refractivity contribution in [2.24, 2.45) is 0 Å². The molecule has 0 bridgehead atoms. The van der Waals surface area contributed by atoms with Crippen molar-refractivity contribution in [3.05, 3.63) is 41.7 Å². The lowest BCUT2D eigenvalue weighted by Gasteiger charge is -2.35. The molecular weight excluding hydrogens is 462 g/mol. The first-order valence-corrected chi connectivity index (χ1v) is 11.8. The Labute approximate surface area is 200 Å². The number of nitrogens with zero attached hydrogens (tertiary/aromatic N) is 4. The highest BCUT2D eigenvalue weighted by atomic mass is 32.1. The summed E-state index contributed by atoms with van der Waals surface area (Å²) in [6.07, 6.45) is 2.46. The smallest absolute Gasteiger partial charge is 0.253 e. The molecule has 0 radical (unpaired) electrons. The van der Waals surface area contributed by atoms with E-state index < -0.39 is 17.9 Å². The molecule has 0 saturated heterocycles. The first-order valence-electron chi connectivity index (χ1n) is 11.0. The number of carbonyl (C=O) groups excluding carboxylic acids is 1. The summed E-state index contributed by atoms with van der Waals surface area (Å²) in [7, 11) is 0. The first kappa shape index (κ1) is 23.9. The quantitative estimate of drug-likeness (QED) is 0.451. The van der Waals surface area contributed by atoms with E-state index in [1.807, 2.05) is 33.8 Å². The Bertz CT molecular complexity index is 1160. The molecule has 1 aliphatic rings. The monoisotopic (exact) mass is 488 g/mol. The maximum absolute atomic E-state index is 13.1. The molecule has 2 N–H and O–H groups in total. The fourth-order valence-electron chi connectivity index (χ4n) is 3.52. The first-order chi connectivity index (χ1) is 16.1. The van der Waals surface area contributed by atoms with E-state index in [0.29, 0.717) is 33.8 Å². The van der Waals surface area contributed by atoms with E-state index >= 15 is 0 Å². The Balaban J connectivity index is 1.46. The summed E-state index contributed by atoms with van der Waals surface area (Å²) in [4.78, 5) is 25.8. The van der Waals surface area contributed by atoms with Crippen LogP contribution in [0, 0.1) is 0 Å². The Morgan fingerprint density at radius 2 is 1.94 bits per heavy atom. The van der Waals surface area contributed by atoms with Crippen LogP contribution in [0.5, 0.6) is 5.75 Å². The van der Waals surface area contributed by atoms with Crippen LogP contribution in [0.15, 0.2) is 30.6 Å². The van der Waals surface area contributed by atoms with Gasteiger partial charge in [0.05, 0.1) is 17.9 Å². The standard InChI is InChI=1S/C23H26F2N6O2S/c1-12(2)17-7-14(21(32)28-15-8-23(24,25)9-15)10-27-19(17)29-22-30-20(31-34-22)18-6-5-16(11-26-18)33-13(3)4/h5-7,10-13,15H,8-9H2,1-4H3,(H,28,32)(H,27,29,30,31). The second kappa shape index (κ2) is 9.57. The molecule has 8 nitrogen and oxygen atoms in total. The molecule has 4 rings (SSSR count). The Morgan fingerprint density at radius 3 is 2.56 bits per heavy atom. The third-order valence-corrected chi connectivity index (χ3v) is 5.85. The number of rotatable bonds is 8. The molecule has 34 heavy (non-hydrogen) atoms. The van der Waals surface area contributed by atoms with Gasteiger partial charge in [0, 0.05) is 36.6 Å². The number of amides is 1. The van der Waals surface area contributed by atoms with E-state index in [0.717, 1.165) is 5.56 Å². The molecule has 0 spiro atoms. The number of pyridine rings is 2. The molecule has 0 aromatic carbocycles. The minimum atomic E-state index is -2.69. The van der Waals surface area contributed by atoms with Crippen molar-refractivity contribution in [2.45, 2.75) is 64.5 Å². The summed E-state index contributed by atoms with van der Waals surface area (Å²) < 4.78 is 36.1. The highest BCUT2D eigenvalue weighted by Crippen LogP contribution is 2.37. The van der Waals surface area contributed by atoms with Gasteiger partial charge in [-0.1, -0.05) is 13.8 Å². The molecule has 0 aliphatic heterocycles. The Hall–Kier alpha value is -3.21. The number of alkyl halides is 2. The number of hydrogen-bond acceptors (Lipinski definition) is 8. The highest BCUT2D eigenvalue weighted by molar-refractivity contribution is 7.09. The van der Waals surface area contributed by atoms with E-state index in [4.69, 9.17) is 4.74 Å². The zero-order valence-corrected chi connectivity index (χ0v) is 20.1. The van der Waals surface area contributed by atoms with Crippen molar-refractivity contribution >= 4 is 28.4 Å². The lowest BCUT2D eigenvalue weighted by molar-refractivity contribution is -0.0901. The average Bonchev–Trinajstić information content (AvgIpc) is 3.21. The minimum Gasteiger partial charge on any atom is -0.489 e. The summed E-state index contributed by atoms with van der Waals surface area (Å²) in [5.74, 6) is -1.34. The van der Waals surface area contributed by atoms with E-state index in [1.54, 1.807) is 18.3 Å². The van der Waals surface area contributed by atoms with Gasteiger partial charge in [0.2, 0.25) is 5.13 Å². The van der Waals surface area contributed by atoms with Crippen molar-refractivity contribution in [3.63, 3.8) is 0 Å². The van der Waals surface area contributed by atoms with Crippen LogP contribution in [-0.4, -0.2) is 43.3 Å². The average molecular weight is 489 g/mol. The summed E-state index contributed by atoms with van der Waals surface area (Å²) in [5, 5.41) is 6.35. The summed E-state index contributed by atoms with van der Waals surface area (Å²) >= 11 is 1.17. The molecule has 0 unspecified atom stereocenters. The number of halogens is 2. The van der Waals surface area contributed by atoms with Gasteiger partial charge in [-0.05, 0) is 43.5 Å². The zero-order chi connectivity index (χ0) is 24.5. The van der Waals surface area contributed by atoms with Gasteiger partial charge in [-0.2, -0.15) is 9.36 Å². The van der Waals surface area contributed by atoms with Gasteiger partial charge in [0.15, 0.2) is 5.82 Å². The molecule has 3 heterocycles. The maximum atomic E-state index is 13.1. The van der Waals surface area contributed by atoms with Gasteiger partial charge in [0.25, 0.3) is 11.8 Å². The van der Waals surface area contributed by atoms with Crippen LogP contribution in [0.2, 0.25) is 0 Å². The van der Waals surface area contributed by atoms with Crippen LogP contribution in [0.25, 0.3) is 11.5 Å². The summed E-state index contributed by atoms with van der Waals surface area (Å²) in [6, 6.07) is 4.83. The van der Waals surface area contributed by atoms with Gasteiger partial charge < -0.3 is 15.4 Å². The van der Waals surface area contributed by atoms with E-state index in [-0.39, 0.29) is 24.9 Å². The summed E-state index contributed by atoms with van der Waals surface area (Å²) in [6.45, 7) is 7.85. The second-order valence-electron chi connectivity index (χ2n) is 8.84. The van der Waals surface area contributed by atoms with Crippen molar-refractivity contribution in [1.82, 2.24) is 24.6 Å².